The second-order valence-corrected chi connectivity index (χ2v) is 3.82. The summed E-state index contributed by atoms with van der Waals surface area (Å²) in [5, 5.41) is 13.1. The molecular weight excluding hydrogens is 194 g/mol. The van der Waals surface area contributed by atoms with E-state index in [-0.39, 0.29) is 18.6 Å². The van der Waals surface area contributed by atoms with Crippen molar-refractivity contribution in [1.29, 1.82) is 0 Å². The molecule has 1 aliphatic heterocycles. The van der Waals surface area contributed by atoms with E-state index in [1.807, 2.05) is 0 Å². The quantitative estimate of drug-likeness (QED) is 0.747. The molecule has 0 unspecified atom stereocenters. The van der Waals surface area contributed by atoms with Crippen molar-refractivity contribution in [2.75, 3.05) is 13.2 Å². The number of carbonyl (C=O) groups excluding carboxylic acids is 1. The minimum atomic E-state index is -0.0356. The molecule has 1 saturated heterocycles. The SMILES string of the molecule is Cn1nccc1C(=O)N1CCC[C@@H]1CO. The van der Waals surface area contributed by atoms with Crippen molar-refractivity contribution in [3.05, 3.63) is 18.0 Å². The fourth-order valence-electron chi connectivity index (χ4n) is 2.02. The van der Waals surface area contributed by atoms with E-state index in [9.17, 15) is 4.79 Å². The van der Waals surface area contributed by atoms with Gasteiger partial charge in [-0.15, -0.1) is 0 Å². The van der Waals surface area contributed by atoms with Gasteiger partial charge in [0.25, 0.3) is 5.91 Å². The first-order valence-corrected chi connectivity index (χ1v) is 5.14. The zero-order chi connectivity index (χ0) is 10.8. The second kappa shape index (κ2) is 4.02. The largest absolute Gasteiger partial charge is 0.394 e. The third-order valence-electron chi connectivity index (χ3n) is 2.89. The van der Waals surface area contributed by atoms with E-state index >= 15 is 0 Å². The first-order valence-electron chi connectivity index (χ1n) is 5.14. The number of nitrogens with zero attached hydrogens (tertiary/aromatic N) is 3. The van der Waals surface area contributed by atoms with Crippen LogP contribution in [-0.4, -0.2) is 44.9 Å². The third-order valence-corrected chi connectivity index (χ3v) is 2.89. The molecule has 0 aliphatic carbocycles. The molecule has 0 bridgehead atoms. The molecule has 0 radical (unpaired) electrons. The lowest BCUT2D eigenvalue weighted by atomic mass is 10.2. The number of aryl methyl sites for hydroxylation is 1. The number of hydrogen-bond donors (Lipinski definition) is 1. The molecule has 1 aromatic heterocycles. The zero-order valence-corrected chi connectivity index (χ0v) is 8.76. The van der Waals surface area contributed by atoms with Crippen LogP contribution in [0.3, 0.4) is 0 Å². The van der Waals surface area contributed by atoms with Crippen molar-refractivity contribution in [3.63, 3.8) is 0 Å². The van der Waals surface area contributed by atoms with Crippen LogP contribution in [-0.2, 0) is 7.05 Å². The van der Waals surface area contributed by atoms with E-state index in [1.165, 1.54) is 0 Å². The summed E-state index contributed by atoms with van der Waals surface area (Å²) < 4.78 is 1.56. The summed E-state index contributed by atoms with van der Waals surface area (Å²) in [5.74, 6) is -0.0356. The summed E-state index contributed by atoms with van der Waals surface area (Å²) in [6.45, 7) is 0.777. The minimum absolute atomic E-state index is 0.0209. The van der Waals surface area contributed by atoms with Crippen molar-refractivity contribution < 1.29 is 9.90 Å². The highest BCUT2D eigenvalue weighted by Crippen LogP contribution is 2.19. The van der Waals surface area contributed by atoms with E-state index in [0.29, 0.717) is 5.69 Å². The van der Waals surface area contributed by atoms with Gasteiger partial charge in [-0.3, -0.25) is 9.48 Å². The van der Waals surface area contributed by atoms with Gasteiger partial charge < -0.3 is 10.0 Å². The fourth-order valence-corrected chi connectivity index (χ4v) is 2.02. The van der Waals surface area contributed by atoms with Crippen LogP contribution in [0.4, 0.5) is 0 Å². The molecular formula is C10H15N3O2. The van der Waals surface area contributed by atoms with Gasteiger partial charge in [0, 0.05) is 19.8 Å². The molecule has 82 valence electrons. The predicted octanol–water partition coefficient (Wildman–Crippen LogP) is 0.0170. The van der Waals surface area contributed by atoms with Crippen LogP contribution < -0.4 is 0 Å². The summed E-state index contributed by atoms with van der Waals surface area (Å²) >= 11 is 0. The number of rotatable bonds is 2. The normalized spacial score (nSPS) is 20.9. The van der Waals surface area contributed by atoms with Crippen molar-refractivity contribution in [2.45, 2.75) is 18.9 Å². The Balaban J connectivity index is 2.18. The van der Waals surface area contributed by atoms with E-state index in [0.717, 1.165) is 19.4 Å². The Kier molecular flexibility index (Phi) is 2.73. The standard InChI is InChI=1S/C10H15N3O2/c1-12-9(4-5-11-12)10(15)13-6-2-3-8(13)7-14/h4-5,8,14H,2-3,6-7H2,1H3/t8-/m1/s1. The van der Waals surface area contributed by atoms with Gasteiger partial charge in [0.05, 0.1) is 12.6 Å². The van der Waals surface area contributed by atoms with E-state index in [1.54, 1.807) is 28.9 Å². The molecule has 1 N–H and O–H groups in total. The highest BCUT2D eigenvalue weighted by molar-refractivity contribution is 5.92. The van der Waals surface area contributed by atoms with Crippen LogP contribution in [0.2, 0.25) is 0 Å². The summed E-state index contributed by atoms with van der Waals surface area (Å²) in [7, 11) is 1.75. The van der Waals surface area contributed by atoms with Crippen LogP contribution in [0, 0.1) is 0 Å². The Morgan fingerprint density at radius 2 is 2.53 bits per heavy atom. The average molecular weight is 209 g/mol. The maximum Gasteiger partial charge on any atom is 0.272 e. The molecule has 1 atom stereocenters. The number of carbonyl (C=O) groups is 1. The first-order chi connectivity index (χ1) is 7.24. The Morgan fingerprint density at radius 1 is 1.73 bits per heavy atom. The van der Waals surface area contributed by atoms with Crippen molar-refractivity contribution >= 4 is 5.91 Å². The first kappa shape index (κ1) is 10.2. The molecule has 0 saturated carbocycles. The Morgan fingerprint density at radius 3 is 3.13 bits per heavy atom. The van der Waals surface area contributed by atoms with Crippen molar-refractivity contribution in [3.8, 4) is 0 Å². The van der Waals surface area contributed by atoms with Gasteiger partial charge in [0.15, 0.2) is 0 Å². The number of amides is 1. The molecule has 15 heavy (non-hydrogen) atoms. The summed E-state index contributed by atoms with van der Waals surface area (Å²) in [5.41, 5.74) is 0.579. The Labute approximate surface area is 88.3 Å². The topological polar surface area (TPSA) is 58.4 Å². The Bertz CT molecular complexity index is 361. The van der Waals surface area contributed by atoms with Gasteiger partial charge in [-0.2, -0.15) is 5.10 Å². The molecule has 2 rings (SSSR count). The number of likely N-dealkylation sites (tertiary alicyclic amines) is 1. The van der Waals surface area contributed by atoms with Crippen LogP contribution in [0.1, 0.15) is 23.3 Å². The Hall–Kier alpha value is -1.36. The molecule has 0 spiro atoms. The van der Waals surface area contributed by atoms with E-state index in [2.05, 4.69) is 5.10 Å². The maximum absolute atomic E-state index is 12.1. The monoisotopic (exact) mass is 209 g/mol. The molecule has 1 aliphatic rings. The van der Waals surface area contributed by atoms with Gasteiger partial charge in [-0.05, 0) is 18.9 Å². The zero-order valence-electron chi connectivity index (χ0n) is 8.76. The third kappa shape index (κ3) is 1.74. The summed E-state index contributed by atoms with van der Waals surface area (Å²) in [6.07, 6.45) is 3.46. The van der Waals surface area contributed by atoms with Crippen LogP contribution in [0.5, 0.6) is 0 Å². The minimum Gasteiger partial charge on any atom is -0.394 e. The lowest BCUT2D eigenvalue weighted by molar-refractivity contribution is 0.0666. The van der Waals surface area contributed by atoms with E-state index < -0.39 is 0 Å². The highest BCUT2D eigenvalue weighted by Gasteiger charge is 2.29. The number of aliphatic hydroxyl groups is 1. The number of aromatic nitrogens is 2. The van der Waals surface area contributed by atoms with Gasteiger partial charge in [-0.1, -0.05) is 0 Å². The smallest absolute Gasteiger partial charge is 0.272 e. The number of hydrogen-bond acceptors (Lipinski definition) is 3. The summed E-state index contributed by atoms with van der Waals surface area (Å²) in [6, 6.07) is 1.68. The molecule has 1 aromatic rings. The molecule has 0 aromatic carbocycles. The van der Waals surface area contributed by atoms with Crippen LogP contribution in [0.25, 0.3) is 0 Å². The fraction of sp³-hybridized carbons (Fsp3) is 0.600. The van der Waals surface area contributed by atoms with Gasteiger partial charge in [-0.25, -0.2) is 0 Å². The highest BCUT2D eigenvalue weighted by atomic mass is 16.3. The maximum atomic E-state index is 12.1. The van der Waals surface area contributed by atoms with Gasteiger partial charge in [0.2, 0.25) is 0 Å². The lowest BCUT2D eigenvalue weighted by Gasteiger charge is -2.22. The lowest BCUT2D eigenvalue weighted by Crippen LogP contribution is -2.38. The summed E-state index contributed by atoms with van der Waals surface area (Å²) in [4.78, 5) is 13.8. The van der Waals surface area contributed by atoms with Crippen LogP contribution in [0.15, 0.2) is 12.3 Å². The molecule has 1 amide bonds. The van der Waals surface area contributed by atoms with Crippen LogP contribution >= 0.6 is 0 Å². The van der Waals surface area contributed by atoms with E-state index in [4.69, 9.17) is 5.11 Å². The van der Waals surface area contributed by atoms with Gasteiger partial charge in [0.1, 0.15) is 5.69 Å². The average Bonchev–Trinajstić information content (AvgIpc) is 2.84. The van der Waals surface area contributed by atoms with Gasteiger partial charge >= 0.3 is 0 Å². The second-order valence-electron chi connectivity index (χ2n) is 3.82. The molecule has 1 fully saturated rings. The van der Waals surface area contributed by atoms with Crippen molar-refractivity contribution in [1.82, 2.24) is 14.7 Å². The molecule has 2 heterocycles. The van der Waals surface area contributed by atoms with Crippen molar-refractivity contribution in [2.24, 2.45) is 7.05 Å². The predicted molar refractivity (Wildman–Crippen MR) is 54.4 cm³/mol. The molecule has 5 nitrogen and oxygen atoms in total. The number of aliphatic hydroxyl groups excluding tert-OH is 1. The molecule has 5 heteroatoms.